The van der Waals surface area contributed by atoms with E-state index in [0.29, 0.717) is 26.6 Å². The maximum Gasteiger partial charge on any atom is 0.269 e. The fourth-order valence-corrected chi connectivity index (χ4v) is 2.94. The van der Waals surface area contributed by atoms with E-state index in [2.05, 4.69) is 36.6 Å². The Morgan fingerprint density at radius 2 is 2.04 bits per heavy atom. The van der Waals surface area contributed by atoms with Gasteiger partial charge in [0.05, 0.1) is 14.4 Å². The van der Waals surface area contributed by atoms with E-state index in [0.717, 1.165) is 5.56 Å². The van der Waals surface area contributed by atoms with Crippen molar-refractivity contribution in [1.82, 2.24) is 20.6 Å². The first kappa shape index (κ1) is 16.3. The molecular formula is C14H9BrClN5O3. The molecule has 122 valence electrons. The van der Waals surface area contributed by atoms with Crippen LogP contribution in [0.4, 0.5) is 5.69 Å². The van der Waals surface area contributed by atoms with Crippen LogP contribution in [-0.4, -0.2) is 25.5 Å². The van der Waals surface area contributed by atoms with Gasteiger partial charge in [0.25, 0.3) is 5.69 Å². The number of tetrazole rings is 1. The van der Waals surface area contributed by atoms with Crippen molar-refractivity contribution in [3.63, 3.8) is 0 Å². The van der Waals surface area contributed by atoms with Gasteiger partial charge in [-0.3, -0.25) is 10.1 Å². The zero-order valence-corrected chi connectivity index (χ0v) is 14.3. The Labute approximate surface area is 149 Å². The molecule has 0 spiro atoms. The molecule has 0 atom stereocenters. The van der Waals surface area contributed by atoms with E-state index >= 15 is 0 Å². The van der Waals surface area contributed by atoms with E-state index in [1.54, 1.807) is 24.3 Å². The summed E-state index contributed by atoms with van der Waals surface area (Å²) in [5.74, 6) is 0.877. The second-order valence-electron chi connectivity index (χ2n) is 4.72. The van der Waals surface area contributed by atoms with Gasteiger partial charge < -0.3 is 4.74 Å². The van der Waals surface area contributed by atoms with Crippen molar-refractivity contribution in [2.24, 2.45) is 0 Å². The highest BCUT2D eigenvalue weighted by molar-refractivity contribution is 9.10. The van der Waals surface area contributed by atoms with Crippen molar-refractivity contribution in [2.45, 2.75) is 6.61 Å². The molecule has 1 aromatic heterocycles. The molecule has 0 aliphatic rings. The number of ether oxygens (including phenoxy) is 1. The maximum absolute atomic E-state index is 10.6. The summed E-state index contributed by atoms with van der Waals surface area (Å²) in [4.78, 5) is 10.2. The lowest BCUT2D eigenvalue weighted by Gasteiger charge is -2.11. The Balaban J connectivity index is 1.76. The standard InChI is InChI=1S/C14H9BrClN5O3/c15-11-5-9(14-17-19-20-18-14)6-12(16)13(11)24-7-8-1-3-10(4-2-8)21(22)23/h1-6H,7H2,(H,17,18,19,20). The van der Waals surface area contributed by atoms with Crippen LogP contribution < -0.4 is 4.74 Å². The van der Waals surface area contributed by atoms with Crippen LogP contribution in [-0.2, 0) is 6.61 Å². The number of nitrogens with one attached hydrogen (secondary N) is 1. The quantitative estimate of drug-likeness (QED) is 0.507. The Morgan fingerprint density at radius 3 is 2.62 bits per heavy atom. The highest BCUT2D eigenvalue weighted by Crippen LogP contribution is 2.37. The van der Waals surface area contributed by atoms with Crippen LogP contribution in [0.5, 0.6) is 5.75 Å². The van der Waals surface area contributed by atoms with Crippen LogP contribution >= 0.6 is 27.5 Å². The third-order valence-electron chi connectivity index (χ3n) is 3.13. The number of benzene rings is 2. The van der Waals surface area contributed by atoms with Crippen LogP contribution in [0.3, 0.4) is 0 Å². The first-order valence-corrected chi connectivity index (χ1v) is 7.80. The van der Waals surface area contributed by atoms with Crippen molar-refractivity contribution in [3.05, 3.63) is 61.6 Å². The molecule has 0 unspecified atom stereocenters. The fraction of sp³-hybridized carbons (Fsp3) is 0.0714. The van der Waals surface area contributed by atoms with Crippen molar-refractivity contribution in [2.75, 3.05) is 0 Å². The number of halogens is 2. The Bertz CT molecular complexity index is 848. The lowest BCUT2D eigenvalue weighted by atomic mass is 10.2. The molecule has 10 heteroatoms. The Kier molecular flexibility index (Phi) is 4.72. The van der Waals surface area contributed by atoms with Crippen molar-refractivity contribution < 1.29 is 9.66 Å². The molecule has 0 bridgehead atoms. The van der Waals surface area contributed by atoms with Gasteiger partial charge in [-0.05, 0) is 51.0 Å². The number of non-ortho nitro benzene ring substituents is 1. The molecular weight excluding hydrogens is 402 g/mol. The number of nitro groups is 1. The second kappa shape index (κ2) is 6.93. The lowest BCUT2D eigenvalue weighted by molar-refractivity contribution is -0.384. The molecule has 0 fully saturated rings. The van der Waals surface area contributed by atoms with Gasteiger partial charge in [-0.15, -0.1) is 10.2 Å². The molecule has 1 N–H and O–H groups in total. The number of hydrogen-bond acceptors (Lipinski definition) is 6. The van der Waals surface area contributed by atoms with Crippen molar-refractivity contribution >= 4 is 33.2 Å². The van der Waals surface area contributed by atoms with Crippen LogP contribution in [0, 0.1) is 10.1 Å². The summed E-state index contributed by atoms with van der Waals surface area (Å²) in [5, 5.41) is 24.7. The zero-order valence-electron chi connectivity index (χ0n) is 11.9. The SMILES string of the molecule is O=[N+]([O-])c1ccc(COc2c(Cl)cc(-c3nn[nH]n3)cc2Br)cc1. The minimum absolute atomic E-state index is 0.0300. The Hall–Kier alpha value is -2.52. The number of aromatic amines is 1. The van der Waals surface area contributed by atoms with E-state index in [1.807, 2.05) is 0 Å². The van der Waals surface area contributed by atoms with E-state index in [9.17, 15) is 10.1 Å². The number of nitro benzene ring substituents is 1. The van der Waals surface area contributed by atoms with Crippen LogP contribution in [0.2, 0.25) is 5.02 Å². The Morgan fingerprint density at radius 1 is 1.29 bits per heavy atom. The molecule has 0 aliphatic heterocycles. The highest BCUT2D eigenvalue weighted by atomic mass is 79.9. The first-order valence-electron chi connectivity index (χ1n) is 6.63. The average molecular weight is 411 g/mol. The average Bonchev–Trinajstić information content (AvgIpc) is 3.09. The second-order valence-corrected chi connectivity index (χ2v) is 5.98. The molecule has 8 nitrogen and oxygen atoms in total. The topological polar surface area (TPSA) is 107 Å². The van der Waals surface area contributed by atoms with Crippen molar-refractivity contribution in [1.29, 1.82) is 0 Å². The van der Waals surface area contributed by atoms with Crippen LogP contribution in [0.15, 0.2) is 40.9 Å². The van der Waals surface area contributed by atoms with Gasteiger partial charge in [-0.2, -0.15) is 5.21 Å². The largest absolute Gasteiger partial charge is 0.486 e. The van der Waals surface area contributed by atoms with Crippen LogP contribution in [0.1, 0.15) is 5.56 Å². The summed E-state index contributed by atoms with van der Waals surface area (Å²) < 4.78 is 6.35. The number of hydrogen-bond donors (Lipinski definition) is 1. The molecule has 2 aromatic carbocycles. The molecule has 0 amide bonds. The normalized spacial score (nSPS) is 10.6. The van der Waals surface area contributed by atoms with Gasteiger partial charge in [0, 0.05) is 17.7 Å². The number of nitrogens with zero attached hydrogens (tertiary/aromatic N) is 4. The summed E-state index contributed by atoms with van der Waals surface area (Å²) in [6.45, 7) is 0.220. The van der Waals surface area contributed by atoms with Gasteiger partial charge in [0.1, 0.15) is 6.61 Å². The van der Waals surface area contributed by atoms with E-state index in [-0.39, 0.29) is 12.3 Å². The molecule has 0 radical (unpaired) electrons. The van der Waals surface area contributed by atoms with Gasteiger partial charge in [0.15, 0.2) is 5.75 Å². The third kappa shape index (κ3) is 3.52. The maximum atomic E-state index is 10.6. The third-order valence-corrected chi connectivity index (χ3v) is 4.00. The lowest BCUT2D eigenvalue weighted by Crippen LogP contribution is -1.98. The molecule has 3 rings (SSSR count). The summed E-state index contributed by atoms with van der Waals surface area (Å²) >= 11 is 9.66. The fourth-order valence-electron chi connectivity index (χ4n) is 1.98. The molecule has 3 aromatic rings. The molecule has 0 saturated heterocycles. The summed E-state index contributed by atoms with van der Waals surface area (Å²) in [6, 6.07) is 9.55. The highest BCUT2D eigenvalue weighted by Gasteiger charge is 2.13. The molecule has 1 heterocycles. The molecule has 0 saturated carbocycles. The van der Waals surface area contributed by atoms with E-state index in [1.165, 1.54) is 12.1 Å². The van der Waals surface area contributed by atoms with Gasteiger partial charge in [0.2, 0.25) is 5.82 Å². The first-order chi connectivity index (χ1) is 11.5. The smallest absolute Gasteiger partial charge is 0.269 e. The van der Waals surface area contributed by atoms with Crippen molar-refractivity contribution in [3.8, 4) is 17.1 Å². The van der Waals surface area contributed by atoms with E-state index in [4.69, 9.17) is 16.3 Å². The van der Waals surface area contributed by atoms with E-state index < -0.39 is 4.92 Å². The zero-order chi connectivity index (χ0) is 17.1. The van der Waals surface area contributed by atoms with Gasteiger partial charge in [-0.25, -0.2) is 0 Å². The number of rotatable bonds is 5. The number of aromatic nitrogens is 4. The predicted octanol–water partition coefficient (Wildman–Crippen LogP) is 3.77. The summed E-state index contributed by atoms with van der Waals surface area (Å²) in [6.07, 6.45) is 0. The monoisotopic (exact) mass is 409 g/mol. The summed E-state index contributed by atoms with van der Waals surface area (Å²) in [7, 11) is 0. The van der Waals surface area contributed by atoms with Crippen LogP contribution in [0.25, 0.3) is 11.4 Å². The molecule has 0 aliphatic carbocycles. The summed E-state index contributed by atoms with van der Waals surface area (Å²) in [5.41, 5.74) is 1.50. The molecule has 24 heavy (non-hydrogen) atoms. The number of H-pyrrole nitrogens is 1. The minimum Gasteiger partial charge on any atom is -0.486 e. The minimum atomic E-state index is -0.450. The van der Waals surface area contributed by atoms with Gasteiger partial charge >= 0.3 is 0 Å². The predicted molar refractivity (Wildman–Crippen MR) is 89.8 cm³/mol. The van der Waals surface area contributed by atoms with Gasteiger partial charge in [-0.1, -0.05) is 11.6 Å².